The minimum Gasteiger partial charge on any atom is -0.454 e. The summed E-state index contributed by atoms with van der Waals surface area (Å²) in [6, 6.07) is 13.6. The Kier molecular flexibility index (Phi) is 5.19. The summed E-state index contributed by atoms with van der Waals surface area (Å²) in [6.07, 6.45) is 3.26. The molecule has 2 aliphatic rings. The molecule has 146 valence electrons. The van der Waals surface area contributed by atoms with Gasteiger partial charge in [0.2, 0.25) is 12.7 Å². The van der Waals surface area contributed by atoms with Crippen LogP contribution in [0.4, 0.5) is 0 Å². The van der Waals surface area contributed by atoms with E-state index in [2.05, 4.69) is 5.32 Å². The first-order valence-corrected chi connectivity index (χ1v) is 9.63. The van der Waals surface area contributed by atoms with Gasteiger partial charge in [0.25, 0.3) is 5.91 Å². The third kappa shape index (κ3) is 4.11. The lowest BCUT2D eigenvalue weighted by atomic mass is 10.1. The average Bonchev–Trinajstić information content (AvgIpc) is 3.46. The van der Waals surface area contributed by atoms with E-state index in [0.717, 1.165) is 35.5 Å². The Balaban J connectivity index is 1.37. The predicted molar refractivity (Wildman–Crippen MR) is 104 cm³/mol. The summed E-state index contributed by atoms with van der Waals surface area (Å²) < 4.78 is 10.7. The average molecular weight is 380 g/mol. The maximum Gasteiger partial charge on any atom is 0.251 e. The summed E-state index contributed by atoms with van der Waals surface area (Å²) in [5, 5.41) is 2.62. The number of benzene rings is 2. The smallest absolute Gasteiger partial charge is 0.251 e. The van der Waals surface area contributed by atoms with Crippen LogP contribution in [0.15, 0.2) is 42.5 Å². The fourth-order valence-electron chi connectivity index (χ4n) is 3.40. The van der Waals surface area contributed by atoms with E-state index in [-0.39, 0.29) is 18.6 Å². The maximum absolute atomic E-state index is 12.9. The Morgan fingerprint density at radius 3 is 2.46 bits per heavy atom. The largest absolute Gasteiger partial charge is 0.454 e. The van der Waals surface area contributed by atoms with Crippen LogP contribution in [0.1, 0.15) is 40.7 Å². The molecule has 0 spiro atoms. The fourth-order valence-corrected chi connectivity index (χ4v) is 3.40. The number of hydrogen-bond acceptors (Lipinski definition) is 4. The number of amides is 2. The van der Waals surface area contributed by atoms with Gasteiger partial charge in [0.15, 0.2) is 11.5 Å². The molecule has 0 atom stereocenters. The van der Waals surface area contributed by atoms with Crippen LogP contribution in [0.25, 0.3) is 0 Å². The second kappa shape index (κ2) is 7.92. The lowest BCUT2D eigenvalue weighted by Crippen LogP contribution is -2.32. The second-order valence-corrected chi connectivity index (χ2v) is 7.22. The van der Waals surface area contributed by atoms with Gasteiger partial charge in [0.1, 0.15) is 0 Å². The van der Waals surface area contributed by atoms with Crippen LogP contribution in [0.2, 0.25) is 0 Å². The zero-order valence-electron chi connectivity index (χ0n) is 15.9. The monoisotopic (exact) mass is 380 g/mol. The van der Waals surface area contributed by atoms with Crippen molar-refractivity contribution in [3.05, 3.63) is 59.2 Å². The van der Waals surface area contributed by atoms with Gasteiger partial charge < -0.3 is 19.7 Å². The van der Waals surface area contributed by atoms with Crippen molar-refractivity contribution >= 4 is 11.8 Å². The molecule has 0 aromatic heterocycles. The second-order valence-electron chi connectivity index (χ2n) is 7.22. The molecule has 0 unspecified atom stereocenters. The summed E-state index contributed by atoms with van der Waals surface area (Å²) in [7, 11) is 1.61. The Morgan fingerprint density at radius 1 is 1.04 bits per heavy atom. The summed E-state index contributed by atoms with van der Waals surface area (Å²) in [5.74, 6) is 1.57. The number of ether oxygens (including phenoxy) is 2. The van der Waals surface area contributed by atoms with Gasteiger partial charge in [0, 0.05) is 31.6 Å². The Labute approximate surface area is 164 Å². The van der Waals surface area contributed by atoms with Crippen molar-refractivity contribution in [1.29, 1.82) is 0 Å². The minimum atomic E-state index is -0.106. The Morgan fingerprint density at radius 2 is 1.75 bits per heavy atom. The molecular weight excluding hydrogens is 356 g/mol. The SMILES string of the molecule is CNC(=O)c1ccc(CN(C(=O)CCc2ccc3c(c2)OCO3)C2CC2)cc1. The Hall–Kier alpha value is -3.02. The topological polar surface area (TPSA) is 67.9 Å². The van der Waals surface area contributed by atoms with Crippen molar-refractivity contribution in [2.75, 3.05) is 13.8 Å². The predicted octanol–water partition coefficient (Wildman–Crippen LogP) is 2.90. The highest BCUT2D eigenvalue weighted by molar-refractivity contribution is 5.93. The molecule has 1 N–H and O–H groups in total. The van der Waals surface area contributed by atoms with E-state index < -0.39 is 0 Å². The van der Waals surface area contributed by atoms with Crippen molar-refractivity contribution in [2.24, 2.45) is 0 Å². The summed E-state index contributed by atoms with van der Waals surface area (Å²) in [4.78, 5) is 26.5. The van der Waals surface area contributed by atoms with Crippen LogP contribution in [-0.2, 0) is 17.8 Å². The number of carbonyl (C=O) groups is 2. The standard InChI is InChI=1S/C22H24N2O4/c1-23-22(26)17-6-2-16(3-7-17)13-24(18-8-9-18)21(25)11-5-15-4-10-19-20(12-15)28-14-27-19/h2-4,6-7,10,12,18H,5,8-9,11,13-14H2,1H3,(H,23,26). The van der Waals surface area contributed by atoms with Crippen molar-refractivity contribution in [3.8, 4) is 11.5 Å². The van der Waals surface area contributed by atoms with E-state index in [1.165, 1.54) is 0 Å². The third-order valence-electron chi connectivity index (χ3n) is 5.17. The van der Waals surface area contributed by atoms with Gasteiger partial charge in [-0.1, -0.05) is 18.2 Å². The van der Waals surface area contributed by atoms with Gasteiger partial charge in [-0.15, -0.1) is 0 Å². The molecule has 2 aromatic carbocycles. The molecule has 6 heteroatoms. The van der Waals surface area contributed by atoms with E-state index in [1.54, 1.807) is 19.2 Å². The number of fused-ring (bicyclic) bond motifs is 1. The molecule has 0 saturated heterocycles. The minimum absolute atomic E-state index is 0.106. The third-order valence-corrected chi connectivity index (χ3v) is 5.17. The van der Waals surface area contributed by atoms with Gasteiger partial charge in [-0.05, 0) is 54.7 Å². The quantitative estimate of drug-likeness (QED) is 0.802. The summed E-state index contributed by atoms with van der Waals surface area (Å²) in [6.45, 7) is 0.838. The molecule has 2 amide bonds. The normalized spacial score (nSPS) is 14.6. The van der Waals surface area contributed by atoms with Gasteiger partial charge in [-0.2, -0.15) is 0 Å². The first-order valence-electron chi connectivity index (χ1n) is 9.63. The van der Waals surface area contributed by atoms with Gasteiger partial charge in [-0.25, -0.2) is 0 Å². The van der Waals surface area contributed by atoms with Crippen molar-refractivity contribution in [3.63, 3.8) is 0 Å². The zero-order valence-corrected chi connectivity index (χ0v) is 15.9. The molecular formula is C22H24N2O4. The Bertz CT molecular complexity index is 875. The molecule has 1 aliphatic carbocycles. The molecule has 0 bridgehead atoms. The number of aryl methyl sites for hydroxylation is 1. The molecule has 1 saturated carbocycles. The number of hydrogen-bond donors (Lipinski definition) is 1. The van der Waals surface area contributed by atoms with Crippen LogP contribution in [-0.4, -0.2) is 36.6 Å². The maximum atomic E-state index is 12.9. The zero-order chi connectivity index (χ0) is 19.5. The van der Waals surface area contributed by atoms with E-state index >= 15 is 0 Å². The molecule has 6 nitrogen and oxygen atoms in total. The van der Waals surface area contributed by atoms with E-state index in [9.17, 15) is 9.59 Å². The number of carbonyl (C=O) groups excluding carboxylic acids is 2. The van der Waals surface area contributed by atoms with Gasteiger partial charge in [0.05, 0.1) is 0 Å². The molecule has 1 aliphatic heterocycles. The summed E-state index contributed by atoms with van der Waals surface area (Å²) >= 11 is 0. The van der Waals surface area contributed by atoms with Crippen LogP contribution in [0.3, 0.4) is 0 Å². The molecule has 0 radical (unpaired) electrons. The van der Waals surface area contributed by atoms with Crippen molar-refractivity contribution < 1.29 is 19.1 Å². The van der Waals surface area contributed by atoms with Crippen molar-refractivity contribution in [2.45, 2.75) is 38.3 Å². The van der Waals surface area contributed by atoms with Crippen LogP contribution in [0.5, 0.6) is 11.5 Å². The van der Waals surface area contributed by atoms with E-state index in [4.69, 9.17) is 9.47 Å². The van der Waals surface area contributed by atoms with Crippen LogP contribution in [0, 0.1) is 0 Å². The lowest BCUT2D eigenvalue weighted by molar-refractivity contribution is -0.132. The number of nitrogens with zero attached hydrogens (tertiary/aromatic N) is 1. The first-order chi connectivity index (χ1) is 13.6. The van der Waals surface area contributed by atoms with Gasteiger partial charge in [-0.3, -0.25) is 9.59 Å². The van der Waals surface area contributed by atoms with Crippen LogP contribution < -0.4 is 14.8 Å². The van der Waals surface area contributed by atoms with Gasteiger partial charge >= 0.3 is 0 Å². The van der Waals surface area contributed by atoms with Crippen molar-refractivity contribution in [1.82, 2.24) is 10.2 Å². The first kappa shape index (κ1) is 18.3. The highest BCUT2D eigenvalue weighted by atomic mass is 16.7. The molecule has 1 heterocycles. The van der Waals surface area contributed by atoms with E-state index in [0.29, 0.717) is 31.0 Å². The molecule has 28 heavy (non-hydrogen) atoms. The number of rotatable bonds is 7. The summed E-state index contributed by atoms with van der Waals surface area (Å²) in [5.41, 5.74) is 2.73. The molecule has 2 aromatic rings. The van der Waals surface area contributed by atoms with E-state index in [1.807, 2.05) is 35.2 Å². The van der Waals surface area contributed by atoms with Crippen LogP contribution >= 0.6 is 0 Å². The fraction of sp³-hybridized carbons (Fsp3) is 0.364. The lowest BCUT2D eigenvalue weighted by Gasteiger charge is -2.23. The highest BCUT2D eigenvalue weighted by Gasteiger charge is 2.32. The highest BCUT2D eigenvalue weighted by Crippen LogP contribution is 2.33. The molecule has 1 fully saturated rings. The molecule has 4 rings (SSSR count). The number of nitrogens with one attached hydrogen (secondary N) is 1.